The number of nitrogens with two attached hydrogens (primary N) is 1. The van der Waals surface area contributed by atoms with E-state index in [1.165, 1.54) is 0 Å². The third-order valence-electron chi connectivity index (χ3n) is 2.38. The Labute approximate surface area is 113 Å². The van der Waals surface area contributed by atoms with E-state index in [0.29, 0.717) is 6.54 Å². The van der Waals surface area contributed by atoms with Crippen molar-refractivity contribution in [3.05, 3.63) is 39.0 Å². The molecule has 0 aliphatic rings. The Morgan fingerprint density at radius 2 is 2.24 bits per heavy atom. The van der Waals surface area contributed by atoms with Gasteiger partial charge in [-0.3, -0.25) is 0 Å². The molecule has 0 unspecified atom stereocenters. The molecule has 0 saturated heterocycles. The monoisotopic (exact) mass is 312 g/mol. The lowest BCUT2D eigenvalue weighted by molar-refractivity contribution is 0.416. The first-order chi connectivity index (χ1) is 8.20. The fraction of sp³-hybridized carbons (Fsp3) is 0.167. The summed E-state index contributed by atoms with van der Waals surface area (Å²) >= 11 is 5.09. The highest BCUT2D eigenvalue weighted by atomic mass is 79.9. The van der Waals surface area contributed by atoms with E-state index in [9.17, 15) is 0 Å². The zero-order valence-electron chi connectivity index (χ0n) is 9.37. The summed E-state index contributed by atoms with van der Waals surface area (Å²) in [6.07, 6.45) is 0. The van der Waals surface area contributed by atoms with Crippen LogP contribution < -0.4 is 15.8 Å². The minimum atomic E-state index is 0.705. The maximum atomic E-state index is 5.84. The van der Waals surface area contributed by atoms with Gasteiger partial charge in [0.25, 0.3) is 0 Å². The van der Waals surface area contributed by atoms with Crippen molar-refractivity contribution in [1.82, 2.24) is 0 Å². The van der Waals surface area contributed by atoms with E-state index in [-0.39, 0.29) is 0 Å². The number of anilines is 2. The van der Waals surface area contributed by atoms with Gasteiger partial charge in [0.2, 0.25) is 0 Å². The zero-order valence-corrected chi connectivity index (χ0v) is 11.8. The van der Waals surface area contributed by atoms with Crippen LogP contribution in [-0.4, -0.2) is 7.11 Å². The normalized spacial score (nSPS) is 10.2. The molecular weight excluding hydrogens is 300 g/mol. The molecule has 2 rings (SSSR count). The van der Waals surface area contributed by atoms with Crippen LogP contribution in [0.15, 0.2) is 34.1 Å². The molecule has 1 heterocycles. The van der Waals surface area contributed by atoms with Gasteiger partial charge in [-0.15, -0.1) is 11.3 Å². The maximum Gasteiger partial charge on any atom is 0.142 e. The lowest BCUT2D eigenvalue weighted by Crippen LogP contribution is -2.01. The lowest BCUT2D eigenvalue weighted by Gasteiger charge is -2.11. The number of thiophene rings is 1. The standard InChI is InChI=1S/C12H13BrN2OS/c1-16-11-3-2-8(13)6-10(11)15-7-12-9(14)4-5-17-12/h2-6,15H,7,14H2,1H3. The van der Waals surface area contributed by atoms with E-state index >= 15 is 0 Å². The third-order valence-corrected chi connectivity index (χ3v) is 3.81. The second kappa shape index (κ2) is 5.42. The number of benzene rings is 1. The Hall–Kier alpha value is -1.20. The van der Waals surface area contributed by atoms with E-state index in [1.54, 1.807) is 18.4 Å². The number of hydrogen-bond donors (Lipinski definition) is 2. The second-order valence-corrected chi connectivity index (χ2v) is 5.41. The predicted octanol–water partition coefficient (Wildman–Crippen LogP) is 3.71. The van der Waals surface area contributed by atoms with Crippen LogP contribution in [-0.2, 0) is 6.54 Å². The number of hydrogen-bond acceptors (Lipinski definition) is 4. The number of nitrogen functional groups attached to an aromatic ring is 1. The summed E-state index contributed by atoms with van der Waals surface area (Å²) < 4.78 is 6.30. The van der Waals surface area contributed by atoms with Crippen molar-refractivity contribution in [1.29, 1.82) is 0 Å². The summed E-state index contributed by atoms with van der Waals surface area (Å²) in [5.74, 6) is 0.823. The first-order valence-electron chi connectivity index (χ1n) is 5.10. The highest BCUT2D eigenvalue weighted by Crippen LogP contribution is 2.29. The first-order valence-corrected chi connectivity index (χ1v) is 6.77. The van der Waals surface area contributed by atoms with E-state index in [1.807, 2.05) is 29.6 Å². The number of rotatable bonds is 4. The van der Waals surface area contributed by atoms with Crippen LogP contribution in [0.3, 0.4) is 0 Å². The molecule has 0 atom stereocenters. The molecule has 3 N–H and O–H groups in total. The molecule has 90 valence electrons. The van der Waals surface area contributed by atoms with E-state index in [4.69, 9.17) is 10.5 Å². The van der Waals surface area contributed by atoms with Gasteiger partial charge in [-0.25, -0.2) is 0 Å². The highest BCUT2D eigenvalue weighted by molar-refractivity contribution is 9.10. The molecule has 0 spiro atoms. The summed E-state index contributed by atoms with van der Waals surface area (Å²) in [7, 11) is 1.66. The quantitative estimate of drug-likeness (QED) is 0.904. The van der Waals surface area contributed by atoms with Gasteiger partial charge in [-0.1, -0.05) is 15.9 Å². The summed E-state index contributed by atoms with van der Waals surface area (Å²) in [5.41, 5.74) is 7.62. The number of halogens is 1. The minimum Gasteiger partial charge on any atom is -0.495 e. The van der Waals surface area contributed by atoms with E-state index in [0.717, 1.165) is 26.5 Å². The predicted molar refractivity (Wildman–Crippen MR) is 76.8 cm³/mol. The lowest BCUT2D eigenvalue weighted by atomic mass is 10.3. The molecule has 2 aromatic rings. The minimum absolute atomic E-state index is 0.705. The van der Waals surface area contributed by atoms with Crippen LogP contribution in [0.4, 0.5) is 11.4 Å². The fourth-order valence-corrected chi connectivity index (χ4v) is 2.59. The molecule has 5 heteroatoms. The molecule has 0 amide bonds. The van der Waals surface area contributed by atoms with Gasteiger partial charge in [0.05, 0.1) is 19.3 Å². The van der Waals surface area contributed by atoms with Crippen LogP contribution in [0.1, 0.15) is 4.88 Å². The van der Waals surface area contributed by atoms with Gasteiger partial charge in [0.1, 0.15) is 5.75 Å². The molecule has 0 aliphatic carbocycles. The van der Waals surface area contributed by atoms with Gasteiger partial charge in [0.15, 0.2) is 0 Å². The fourth-order valence-electron chi connectivity index (χ4n) is 1.49. The highest BCUT2D eigenvalue weighted by Gasteiger charge is 2.05. The van der Waals surface area contributed by atoms with Crippen LogP contribution in [0.5, 0.6) is 5.75 Å². The summed E-state index contributed by atoms with van der Waals surface area (Å²) in [6, 6.07) is 7.77. The third kappa shape index (κ3) is 2.92. The van der Waals surface area contributed by atoms with Crippen molar-refractivity contribution in [3.63, 3.8) is 0 Å². The average molecular weight is 313 g/mol. The summed E-state index contributed by atoms with van der Waals surface area (Å²) in [4.78, 5) is 1.13. The van der Waals surface area contributed by atoms with E-state index in [2.05, 4.69) is 21.2 Å². The van der Waals surface area contributed by atoms with Gasteiger partial charge in [-0.05, 0) is 29.6 Å². The molecule has 3 nitrogen and oxygen atoms in total. The van der Waals surface area contributed by atoms with E-state index < -0.39 is 0 Å². The van der Waals surface area contributed by atoms with Crippen LogP contribution >= 0.6 is 27.3 Å². The Morgan fingerprint density at radius 1 is 1.41 bits per heavy atom. The van der Waals surface area contributed by atoms with Gasteiger partial charge in [-0.2, -0.15) is 0 Å². The van der Waals surface area contributed by atoms with Crippen molar-refractivity contribution >= 4 is 38.6 Å². The molecule has 17 heavy (non-hydrogen) atoms. The van der Waals surface area contributed by atoms with Crippen molar-refractivity contribution in [3.8, 4) is 5.75 Å². The number of nitrogens with one attached hydrogen (secondary N) is 1. The largest absolute Gasteiger partial charge is 0.495 e. The molecule has 0 aliphatic heterocycles. The van der Waals surface area contributed by atoms with Gasteiger partial charge < -0.3 is 15.8 Å². The molecule has 0 fully saturated rings. The van der Waals surface area contributed by atoms with Crippen LogP contribution in [0.25, 0.3) is 0 Å². The second-order valence-electron chi connectivity index (χ2n) is 3.50. The zero-order chi connectivity index (χ0) is 12.3. The van der Waals surface area contributed by atoms with Crippen LogP contribution in [0, 0.1) is 0 Å². The van der Waals surface area contributed by atoms with Gasteiger partial charge in [0, 0.05) is 15.0 Å². The molecule has 1 aromatic carbocycles. The molecule has 0 radical (unpaired) electrons. The maximum absolute atomic E-state index is 5.84. The summed E-state index contributed by atoms with van der Waals surface area (Å²) in [6.45, 7) is 0.705. The SMILES string of the molecule is COc1ccc(Br)cc1NCc1sccc1N. The topological polar surface area (TPSA) is 47.3 Å². The Morgan fingerprint density at radius 3 is 2.88 bits per heavy atom. The average Bonchev–Trinajstić information content (AvgIpc) is 2.72. The Balaban J connectivity index is 2.13. The molecule has 0 saturated carbocycles. The van der Waals surface area contributed by atoms with Crippen molar-refractivity contribution in [2.75, 3.05) is 18.2 Å². The summed E-state index contributed by atoms with van der Waals surface area (Å²) in [5, 5.41) is 5.31. The van der Waals surface area contributed by atoms with Crippen LogP contribution in [0.2, 0.25) is 0 Å². The van der Waals surface area contributed by atoms with Crippen molar-refractivity contribution in [2.24, 2.45) is 0 Å². The molecule has 1 aromatic heterocycles. The van der Waals surface area contributed by atoms with Gasteiger partial charge >= 0.3 is 0 Å². The Kier molecular flexibility index (Phi) is 3.91. The molecule has 0 bridgehead atoms. The molecular formula is C12H13BrN2OS. The van der Waals surface area contributed by atoms with Crippen molar-refractivity contribution in [2.45, 2.75) is 6.54 Å². The number of ether oxygens (including phenoxy) is 1. The first kappa shape index (κ1) is 12.3. The van der Waals surface area contributed by atoms with Crippen molar-refractivity contribution < 1.29 is 4.74 Å². The Bertz CT molecular complexity index is 513. The smallest absolute Gasteiger partial charge is 0.142 e. The number of methoxy groups -OCH3 is 1.